The summed E-state index contributed by atoms with van der Waals surface area (Å²) in [6, 6.07) is 6.91. The van der Waals surface area contributed by atoms with Gasteiger partial charge in [-0.25, -0.2) is 4.21 Å². The van der Waals surface area contributed by atoms with Crippen LogP contribution in [0.2, 0.25) is 0 Å². The van der Waals surface area contributed by atoms with Crippen LogP contribution < -0.4 is 5.73 Å². The lowest BCUT2D eigenvalue weighted by Crippen LogP contribution is -1.95. The maximum atomic E-state index is 10.4. The van der Waals surface area contributed by atoms with Crippen molar-refractivity contribution in [2.75, 3.05) is 6.54 Å². The van der Waals surface area contributed by atoms with Crippen molar-refractivity contribution in [1.29, 1.82) is 0 Å². The Hall–Kier alpha value is -0.710. The summed E-state index contributed by atoms with van der Waals surface area (Å²) in [5.74, 6) is 0. The van der Waals surface area contributed by atoms with Crippen LogP contribution in [-0.2, 0) is 11.1 Å². The molecule has 0 heterocycles. The summed E-state index contributed by atoms with van der Waals surface area (Å²) < 4.78 is 19.0. The molecule has 86 valence electrons. The number of benzene rings is 1. The lowest BCUT2D eigenvalue weighted by atomic mass is 10.2. The first-order valence-corrected chi connectivity index (χ1v) is 6.10. The quantitative estimate of drug-likeness (QED) is 0.782. The molecule has 1 rings (SSSR count). The van der Waals surface area contributed by atoms with E-state index in [4.69, 9.17) is 10.3 Å². The molecule has 0 radical (unpaired) electrons. The van der Waals surface area contributed by atoms with Crippen molar-refractivity contribution >= 4 is 11.1 Å². The van der Waals surface area contributed by atoms with Gasteiger partial charge in [0, 0.05) is 0 Å². The average Bonchev–Trinajstić information content (AvgIpc) is 2.20. The minimum atomic E-state index is -1.84. The Labute approximate surface area is 94.0 Å². The minimum Gasteiger partial charge on any atom is -0.330 e. The van der Waals surface area contributed by atoms with Crippen LogP contribution in [0.15, 0.2) is 29.2 Å². The summed E-state index contributed by atoms with van der Waals surface area (Å²) in [6.07, 6.45) is 2.39. The Bertz CT molecular complexity index is 283. The van der Waals surface area contributed by atoms with Gasteiger partial charge in [0.1, 0.15) is 0 Å². The van der Waals surface area contributed by atoms with Gasteiger partial charge in [0.25, 0.3) is 0 Å². The van der Waals surface area contributed by atoms with E-state index in [0.717, 1.165) is 12.1 Å². The molecule has 1 unspecified atom stereocenters. The molecular formula is C11H19NO2S. The first-order chi connectivity index (χ1) is 7.11. The van der Waals surface area contributed by atoms with E-state index in [1.807, 2.05) is 19.1 Å². The molecule has 15 heavy (non-hydrogen) atoms. The van der Waals surface area contributed by atoms with Crippen LogP contribution in [0, 0.1) is 6.92 Å². The van der Waals surface area contributed by atoms with E-state index in [0.29, 0.717) is 4.90 Å². The summed E-state index contributed by atoms with van der Waals surface area (Å²) in [5.41, 5.74) is 6.23. The lowest BCUT2D eigenvalue weighted by Gasteiger charge is -1.93. The summed E-state index contributed by atoms with van der Waals surface area (Å²) >= 11 is -1.84. The topological polar surface area (TPSA) is 63.3 Å². The van der Waals surface area contributed by atoms with Gasteiger partial charge in [-0.1, -0.05) is 31.0 Å². The number of rotatable bonds is 3. The third-order valence-corrected chi connectivity index (χ3v) is 2.46. The van der Waals surface area contributed by atoms with Gasteiger partial charge in [0.15, 0.2) is 11.1 Å². The van der Waals surface area contributed by atoms with Gasteiger partial charge in [-0.15, -0.1) is 0 Å². The van der Waals surface area contributed by atoms with Crippen LogP contribution in [0.1, 0.15) is 25.3 Å². The van der Waals surface area contributed by atoms with Crippen LogP contribution in [0.3, 0.4) is 0 Å². The highest BCUT2D eigenvalue weighted by molar-refractivity contribution is 7.79. The molecular weight excluding hydrogens is 210 g/mol. The number of hydrogen-bond acceptors (Lipinski definition) is 2. The average molecular weight is 229 g/mol. The smallest absolute Gasteiger partial charge is 0.186 e. The number of hydrogen-bond donors (Lipinski definition) is 2. The Kier molecular flexibility index (Phi) is 8.18. The largest absolute Gasteiger partial charge is 0.330 e. The highest BCUT2D eigenvalue weighted by atomic mass is 32.2. The van der Waals surface area contributed by atoms with E-state index < -0.39 is 11.1 Å². The van der Waals surface area contributed by atoms with Crippen molar-refractivity contribution in [1.82, 2.24) is 0 Å². The maximum Gasteiger partial charge on any atom is 0.186 e. The summed E-state index contributed by atoms with van der Waals surface area (Å²) in [5, 5.41) is 0. The van der Waals surface area contributed by atoms with Gasteiger partial charge >= 0.3 is 0 Å². The number of nitrogens with two attached hydrogens (primary N) is 1. The van der Waals surface area contributed by atoms with Crippen LogP contribution in [0.25, 0.3) is 0 Å². The molecule has 0 aliphatic rings. The third kappa shape index (κ3) is 7.25. The molecule has 4 heteroatoms. The zero-order valence-corrected chi connectivity index (χ0v) is 10.1. The van der Waals surface area contributed by atoms with Gasteiger partial charge in [-0.05, 0) is 32.0 Å². The molecule has 0 aromatic heterocycles. The Morgan fingerprint density at radius 1 is 1.33 bits per heavy atom. The van der Waals surface area contributed by atoms with E-state index in [-0.39, 0.29) is 0 Å². The molecule has 0 bridgehead atoms. The van der Waals surface area contributed by atoms with E-state index in [2.05, 4.69) is 6.92 Å². The number of unbranched alkanes of at least 4 members (excludes halogenated alkanes) is 1. The summed E-state index contributed by atoms with van der Waals surface area (Å²) in [4.78, 5) is 0.450. The molecule has 0 aliphatic heterocycles. The molecule has 0 spiro atoms. The third-order valence-electron chi connectivity index (χ3n) is 1.78. The highest BCUT2D eigenvalue weighted by Crippen LogP contribution is 2.05. The fourth-order valence-corrected chi connectivity index (χ4v) is 1.23. The van der Waals surface area contributed by atoms with Crippen LogP contribution >= 0.6 is 0 Å². The van der Waals surface area contributed by atoms with E-state index in [1.54, 1.807) is 12.1 Å². The molecule has 1 atom stereocenters. The van der Waals surface area contributed by atoms with E-state index >= 15 is 0 Å². The maximum absolute atomic E-state index is 10.4. The summed E-state index contributed by atoms with van der Waals surface area (Å²) in [7, 11) is 0. The minimum absolute atomic E-state index is 0.450. The van der Waals surface area contributed by atoms with Gasteiger partial charge in [-0.3, -0.25) is 0 Å². The van der Waals surface area contributed by atoms with Crippen molar-refractivity contribution in [2.45, 2.75) is 31.6 Å². The molecule has 1 aromatic carbocycles. The first kappa shape index (κ1) is 14.3. The normalized spacial score (nSPS) is 11.5. The number of aryl methyl sites for hydroxylation is 1. The molecule has 0 saturated carbocycles. The Morgan fingerprint density at radius 3 is 2.13 bits per heavy atom. The second-order valence-corrected chi connectivity index (χ2v) is 4.17. The molecule has 0 fully saturated rings. The van der Waals surface area contributed by atoms with Crippen molar-refractivity contribution in [3.63, 3.8) is 0 Å². The molecule has 0 aliphatic carbocycles. The lowest BCUT2D eigenvalue weighted by molar-refractivity contribution is 0.564. The second kappa shape index (κ2) is 8.59. The Morgan fingerprint density at radius 2 is 1.87 bits per heavy atom. The van der Waals surface area contributed by atoms with Crippen molar-refractivity contribution in [2.24, 2.45) is 5.73 Å². The van der Waals surface area contributed by atoms with Crippen molar-refractivity contribution in [3.8, 4) is 0 Å². The zero-order chi connectivity index (χ0) is 11.7. The van der Waals surface area contributed by atoms with E-state index in [1.165, 1.54) is 12.8 Å². The SMILES string of the molecule is CCCCN.Cc1ccc(S(=O)O)cc1. The fraction of sp³-hybridized carbons (Fsp3) is 0.455. The van der Waals surface area contributed by atoms with Gasteiger partial charge < -0.3 is 10.3 Å². The first-order valence-electron chi connectivity index (χ1n) is 4.99. The van der Waals surface area contributed by atoms with Crippen LogP contribution in [-0.4, -0.2) is 15.3 Å². The van der Waals surface area contributed by atoms with Gasteiger partial charge in [0.05, 0.1) is 4.90 Å². The van der Waals surface area contributed by atoms with Crippen LogP contribution in [0.5, 0.6) is 0 Å². The molecule has 0 amide bonds. The van der Waals surface area contributed by atoms with Gasteiger partial charge in [0.2, 0.25) is 0 Å². The van der Waals surface area contributed by atoms with E-state index in [9.17, 15) is 4.21 Å². The predicted molar refractivity (Wildman–Crippen MR) is 64.2 cm³/mol. The predicted octanol–water partition coefficient (Wildman–Crippen LogP) is 2.32. The second-order valence-electron chi connectivity index (χ2n) is 3.20. The zero-order valence-electron chi connectivity index (χ0n) is 9.27. The molecule has 1 aromatic rings. The Balaban J connectivity index is 0.000000336. The fourth-order valence-electron chi connectivity index (χ4n) is 0.859. The summed E-state index contributed by atoms with van der Waals surface area (Å²) in [6.45, 7) is 4.91. The highest BCUT2D eigenvalue weighted by Gasteiger charge is 1.95. The van der Waals surface area contributed by atoms with Crippen LogP contribution in [0.4, 0.5) is 0 Å². The van der Waals surface area contributed by atoms with Crippen molar-refractivity contribution < 1.29 is 8.76 Å². The standard InChI is InChI=1S/C7H8O2S.C4H11N/c1-6-2-4-7(5-3-6)10(8)9;1-2-3-4-5/h2-5H,1H3,(H,8,9);2-5H2,1H3. The monoisotopic (exact) mass is 229 g/mol. The van der Waals surface area contributed by atoms with Gasteiger partial charge in [-0.2, -0.15) is 0 Å². The molecule has 0 saturated heterocycles. The molecule has 3 nitrogen and oxygen atoms in total. The molecule has 3 N–H and O–H groups in total. The van der Waals surface area contributed by atoms with Crippen molar-refractivity contribution in [3.05, 3.63) is 29.8 Å².